The third-order valence-electron chi connectivity index (χ3n) is 14.4. The fourth-order valence-corrected chi connectivity index (χ4v) is 10.2. The second-order valence-corrected chi connectivity index (χ2v) is 20.0. The Kier molecular flexibility index (Phi) is 18.6. The molecule has 374 valence electrons. The largest absolute Gasteiger partial charge is 0.479 e. The van der Waals surface area contributed by atoms with Gasteiger partial charge in [-0.2, -0.15) is 0 Å². The molecule has 64 heavy (non-hydrogen) atoms. The molecule has 0 aliphatic carbocycles. The summed E-state index contributed by atoms with van der Waals surface area (Å²) in [5.41, 5.74) is -4.82. The van der Waals surface area contributed by atoms with Gasteiger partial charge in [0.15, 0.2) is 25.0 Å². The summed E-state index contributed by atoms with van der Waals surface area (Å²) >= 11 is 0. The molecule has 4 aliphatic heterocycles. The molecular weight excluding hydrogens is 844 g/mol. The van der Waals surface area contributed by atoms with Gasteiger partial charge in [-0.05, 0) is 94.8 Å². The van der Waals surface area contributed by atoms with E-state index >= 15 is 0 Å². The molecule has 0 spiro atoms. The van der Waals surface area contributed by atoms with Crippen molar-refractivity contribution in [2.75, 3.05) is 34.8 Å². The molecule has 8 N–H and O–H groups in total. The Morgan fingerprint density at radius 3 is 2.03 bits per heavy atom. The first kappa shape index (κ1) is 54.9. The summed E-state index contributed by atoms with van der Waals surface area (Å²) in [5, 5.41) is 89.6. The van der Waals surface area contributed by atoms with E-state index in [2.05, 4.69) is 0 Å². The number of carboxylic acid groups (broad SMARTS) is 1. The van der Waals surface area contributed by atoms with Crippen molar-refractivity contribution in [2.45, 2.75) is 216 Å². The van der Waals surface area contributed by atoms with Gasteiger partial charge in [-0.3, -0.25) is 4.79 Å². The van der Waals surface area contributed by atoms with E-state index in [4.69, 9.17) is 37.9 Å². The number of carbonyl (C=O) groups is 2. The molecule has 4 aliphatic rings. The Hall–Kier alpha value is -1.70. The number of cyclic esters (lactones) is 1. The molecule has 0 amide bonds. The molecule has 5 unspecified atom stereocenters. The zero-order valence-corrected chi connectivity index (χ0v) is 40.1. The minimum absolute atomic E-state index is 0.00437. The average molecular weight is 925 g/mol. The Morgan fingerprint density at radius 2 is 1.47 bits per heavy atom. The van der Waals surface area contributed by atoms with Gasteiger partial charge < -0.3 is 88.5 Å². The number of esters is 1. The molecule has 0 aromatic heterocycles. The van der Waals surface area contributed by atoms with Crippen LogP contribution in [0.15, 0.2) is 0 Å². The standard InChI is InChI=1S/C44H80N2O18/c1-15-27-44(10,56)35(51)24(6)46(13)19-20(2)17-43(9,64-41-32(50)30(48)31(49)34(62-41)38(53)54)37(63-40-29(47)26(45(11)12)16-21(3)58-40)22(4)33(23(5)39(55)60-27)61-28-18-42(8,57-14)36(52)25(7)59-28/h20-37,40-41,47-52,56H,15-19H2,1-14H3,(H,53,54)/t20-,21-,22+,23-,24-,25+,26+,27-,28+,29-,30?,31?,32?,33+,34?,35-,36+,37-,40+,41?,42-,43-,44-/m1/s1. The maximum Gasteiger partial charge on any atom is 0.335 e. The number of nitrogens with zero attached hydrogens (tertiary/aromatic N) is 2. The first-order valence-electron chi connectivity index (χ1n) is 22.7. The van der Waals surface area contributed by atoms with Gasteiger partial charge in [0.2, 0.25) is 0 Å². The van der Waals surface area contributed by atoms with Crippen LogP contribution in [0, 0.1) is 17.8 Å². The van der Waals surface area contributed by atoms with Crippen LogP contribution in [0.3, 0.4) is 0 Å². The number of carbonyl (C=O) groups excluding carboxylic acids is 1. The fourth-order valence-electron chi connectivity index (χ4n) is 10.2. The van der Waals surface area contributed by atoms with Gasteiger partial charge in [0.1, 0.15) is 48.3 Å². The number of ether oxygens (including phenoxy) is 8. The van der Waals surface area contributed by atoms with E-state index in [-0.39, 0.29) is 25.8 Å². The number of aliphatic hydroxyl groups is 7. The third kappa shape index (κ3) is 11.8. The third-order valence-corrected chi connectivity index (χ3v) is 14.4. The second kappa shape index (κ2) is 21.7. The Balaban J connectivity index is 1.99. The number of aliphatic hydroxyl groups excluding tert-OH is 6. The van der Waals surface area contributed by atoms with Crippen molar-refractivity contribution < 1.29 is 88.3 Å². The monoisotopic (exact) mass is 925 g/mol. The van der Waals surface area contributed by atoms with Gasteiger partial charge in [-0.1, -0.05) is 20.8 Å². The highest BCUT2D eigenvalue weighted by atomic mass is 16.7. The molecule has 20 nitrogen and oxygen atoms in total. The number of likely N-dealkylation sites (N-methyl/N-ethyl adjacent to an activating group) is 2. The van der Waals surface area contributed by atoms with Crippen molar-refractivity contribution in [1.29, 1.82) is 0 Å². The van der Waals surface area contributed by atoms with Crippen molar-refractivity contribution in [3.63, 3.8) is 0 Å². The van der Waals surface area contributed by atoms with Crippen molar-refractivity contribution in [2.24, 2.45) is 17.8 Å². The SMILES string of the molecule is CC[C@H]1OC(=O)[C@H](C)[C@@H](O[C@H]2C[C@@](C)(OC)[C@@H](O)[C@H](C)O2)[C@H](C)[C@@H](O[C@@H]2O[C@H](C)C[C@H](N(C)C)[C@H]2O)[C@](C)(OC2OC(C(=O)O)C(O)C(O)C2O)C[C@@H](C)CN(C)[C@H](C)[C@@H](O)[C@]1(C)O. The van der Waals surface area contributed by atoms with Crippen LogP contribution >= 0.6 is 0 Å². The van der Waals surface area contributed by atoms with Crippen LogP contribution in [0.25, 0.3) is 0 Å². The lowest BCUT2D eigenvalue weighted by Gasteiger charge is -2.51. The van der Waals surface area contributed by atoms with E-state index in [1.807, 2.05) is 37.7 Å². The zero-order valence-electron chi connectivity index (χ0n) is 40.1. The van der Waals surface area contributed by atoms with Crippen LogP contribution < -0.4 is 0 Å². The molecule has 4 fully saturated rings. The van der Waals surface area contributed by atoms with Crippen molar-refractivity contribution in [3.8, 4) is 0 Å². The summed E-state index contributed by atoms with van der Waals surface area (Å²) < 4.78 is 50.6. The topological polar surface area (TPSA) is 276 Å². The molecule has 4 saturated heterocycles. The van der Waals surface area contributed by atoms with Gasteiger partial charge in [0, 0.05) is 38.1 Å². The molecule has 0 bridgehead atoms. The highest BCUT2D eigenvalue weighted by molar-refractivity contribution is 5.73. The lowest BCUT2D eigenvalue weighted by Crippen LogP contribution is -2.65. The van der Waals surface area contributed by atoms with E-state index in [1.165, 1.54) is 14.0 Å². The van der Waals surface area contributed by atoms with E-state index < -0.39 is 151 Å². The molecule has 0 aromatic rings. The second-order valence-electron chi connectivity index (χ2n) is 20.0. The zero-order chi connectivity index (χ0) is 48.5. The minimum Gasteiger partial charge on any atom is -0.479 e. The molecule has 4 rings (SSSR count). The smallest absolute Gasteiger partial charge is 0.335 e. The Bertz CT molecular complexity index is 1530. The molecule has 20 heteroatoms. The predicted molar refractivity (Wildman–Crippen MR) is 227 cm³/mol. The van der Waals surface area contributed by atoms with Crippen molar-refractivity contribution in [3.05, 3.63) is 0 Å². The molecule has 4 heterocycles. The summed E-state index contributed by atoms with van der Waals surface area (Å²) in [6.07, 6.45) is -20.4. The van der Waals surface area contributed by atoms with Gasteiger partial charge in [-0.25, -0.2) is 4.79 Å². The summed E-state index contributed by atoms with van der Waals surface area (Å²) in [6.45, 7) is 17.1. The number of hydrogen-bond acceptors (Lipinski definition) is 19. The summed E-state index contributed by atoms with van der Waals surface area (Å²) in [7, 11) is 6.83. The maximum absolute atomic E-state index is 14.6. The first-order valence-corrected chi connectivity index (χ1v) is 22.7. The number of methoxy groups -OCH3 is 1. The van der Waals surface area contributed by atoms with Crippen LogP contribution in [0.2, 0.25) is 0 Å². The van der Waals surface area contributed by atoms with Crippen LogP contribution in [0.1, 0.15) is 94.9 Å². The van der Waals surface area contributed by atoms with E-state index in [0.29, 0.717) is 6.42 Å². The fraction of sp³-hybridized carbons (Fsp3) is 0.955. The van der Waals surface area contributed by atoms with E-state index in [1.54, 1.807) is 55.5 Å². The van der Waals surface area contributed by atoms with Gasteiger partial charge in [-0.15, -0.1) is 0 Å². The van der Waals surface area contributed by atoms with E-state index in [9.17, 15) is 50.4 Å². The van der Waals surface area contributed by atoms with Crippen LogP contribution in [-0.2, 0) is 47.5 Å². The van der Waals surface area contributed by atoms with Gasteiger partial charge in [0.05, 0.1) is 41.5 Å². The van der Waals surface area contributed by atoms with Crippen molar-refractivity contribution >= 4 is 11.9 Å². The summed E-state index contributed by atoms with van der Waals surface area (Å²) in [5.74, 6) is -5.06. The molecule has 0 saturated carbocycles. The number of aliphatic carboxylic acids is 1. The molecule has 0 aromatic carbocycles. The number of rotatable bonds is 10. The molecule has 0 radical (unpaired) electrons. The lowest BCUT2D eigenvalue weighted by molar-refractivity contribution is -0.357. The first-order chi connectivity index (χ1) is 29.5. The van der Waals surface area contributed by atoms with Gasteiger partial charge >= 0.3 is 11.9 Å². The van der Waals surface area contributed by atoms with Gasteiger partial charge in [0.25, 0.3) is 0 Å². The predicted octanol–water partition coefficient (Wildman–Crippen LogP) is -0.183. The van der Waals surface area contributed by atoms with E-state index in [0.717, 1.165) is 0 Å². The normalized spacial score (nSPS) is 49.8. The van der Waals surface area contributed by atoms with Crippen molar-refractivity contribution in [1.82, 2.24) is 9.80 Å². The quantitative estimate of drug-likeness (QED) is 0.132. The summed E-state index contributed by atoms with van der Waals surface area (Å²) in [6, 6.07) is -1.14. The number of carboxylic acids is 1. The highest BCUT2D eigenvalue weighted by Crippen LogP contribution is 2.43. The van der Waals surface area contributed by atoms with Crippen LogP contribution in [-0.4, -0.2) is 218 Å². The van der Waals surface area contributed by atoms with Crippen LogP contribution in [0.4, 0.5) is 0 Å². The Morgan fingerprint density at radius 1 is 0.844 bits per heavy atom. The van der Waals surface area contributed by atoms with Crippen LogP contribution in [0.5, 0.6) is 0 Å². The maximum atomic E-state index is 14.6. The average Bonchev–Trinajstić information content (AvgIpc) is 3.21. The summed E-state index contributed by atoms with van der Waals surface area (Å²) in [4.78, 5) is 30.6. The Labute approximate surface area is 378 Å². The minimum atomic E-state index is -2.02. The molecule has 23 atom stereocenters. The highest BCUT2D eigenvalue weighted by Gasteiger charge is 2.56. The molecular formula is C44H80N2O18. The number of hydrogen-bond donors (Lipinski definition) is 8. The lowest BCUT2D eigenvalue weighted by atomic mass is 9.77.